The van der Waals surface area contributed by atoms with Crippen molar-refractivity contribution in [2.45, 2.75) is 20.3 Å². The summed E-state index contributed by atoms with van der Waals surface area (Å²) in [6.45, 7) is 7.74. The summed E-state index contributed by atoms with van der Waals surface area (Å²) < 4.78 is 12.7. The Kier molecular flexibility index (Phi) is 6.36. The summed E-state index contributed by atoms with van der Waals surface area (Å²) in [5.41, 5.74) is 0.495. The summed E-state index contributed by atoms with van der Waals surface area (Å²) in [6, 6.07) is 5.58. The summed E-state index contributed by atoms with van der Waals surface area (Å²) >= 11 is 0. The van der Waals surface area contributed by atoms with Crippen molar-refractivity contribution in [2.24, 2.45) is 0 Å². The molecular formula is C14H21FN2O. The molecule has 3 nitrogen and oxygen atoms in total. The van der Waals surface area contributed by atoms with Crippen molar-refractivity contribution in [1.82, 2.24) is 10.2 Å². The van der Waals surface area contributed by atoms with E-state index in [2.05, 4.69) is 24.1 Å². The molecule has 0 aliphatic carbocycles. The Balaban J connectivity index is 2.35. The van der Waals surface area contributed by atoms with Gasteiger partial charge in [0.05, 0.1) is 0 Å². The maximum Gasteiger partial charge on any atom is 0.251 e. The van der Waals surface area contributed by atoms with Crippen LogP contribution in [0.1, 0.15) is 30.6 Å². The Morgan fingerprint density at radius 2 is 1.89 bits per heavy atom. The van der Waals surface area contributed by atoms with Gasteiger partial charge in [0.25, 0.3) is 5.91 Å². The van der Waals surface area contributed by atoms with Crippen molar-refractivity contribution in [3.63, 3.8) is 0 Å². The van der Waals surface area contributed by atoms with Crippen LogP contribution in [0.5, 0.6) is 0 Å². The Labute approximate surface area is 108 Å². The average molecular weight is 252 g/mol. The highest BCUT2D eigenvalue weighted by molar-refractivity contribution is 5.94. The van der Waals surface area contributed by atoms with Crippen LogP contribution in [-0.2, 0) is 0 Å². The van der Waals surface area contributed by atoms with Crippen molar-refractivity contribution >= 4 is 5.91 Å². The van der Waals surface area contributed by atoms with E-state index in [1.54, 1.807) is 0 Å². The molecule has 1 amide bonds. The Hall–Kier alpha value is -1.42. The number of hydrogen-bond donors (Lipinski definition) is 1. The number of halogens is 1. The zero-order valence-corrected chi connectivity index (χ0v) is 11.1. The standard InChI is InChI=1S/C14H21FN2O/c1-3-10-17(4-2)11-9-16-14(18)12-5-7-13(15)8-6-12/h5-8H,3-4,9-11H2,1-2H3,(H,16,18). The lowest BCUT2D eigenvalue weighted by Gasteiger charge is -2.19. The smallest absolute Gasteiger partial charge is 0.251 e. The van der Waals surface area contributed by atoms with Crippen molar-refractivity contribution in [2.75, 3.05) is 26.2 Å². The van der Waals surface area contributed by atoms with E-state index < -0.39 is 0 Å². The third kappa shape index (κ3) is 4.84. The fourth-order valence-corrected chi connectivity index (χ4v) is 1.78. The number of nitrogens with one attached hydrogen (secondary N) is 1. The van der Waals surface area contributed by atoms with Gasteiger partial charge in [0.1, 0.15) is 5.82 Å². The molecule has 0 radical (unpaired) electrons. The number of carbonyl (C=O) groups is 1. The average Bonchev–Trinajstić information content (AvgIpc) is 2.38. The molecule has 0 bridgehead atoms. The first kappa shape index (κ1) is 14.6. The summed E-state index contributed by atoms with van der Waals surface area (Å²) in [5.74, 6) is -0.478. The SMILES string of the molecule is CCCN(CC)CCNC(=O)c1ccc(F)cc1. The van der Waals surface area contributed by atoms with Gasteiger partial charge in [-0.25, -0.2) is 4.39 Å². The largest absolute Gasteiger partial charge is 0.351 e. The van der Waals surface area contributed by atoms with Gasteiger partial charge in [-0.3, -0.25) is 4.79 Å². The van der Waals surface area contributed by atoms with Crippen molar-refractivity contribution < 1.29 is 9.18 Å². The zero-order chi connectivity index (χ0) is 13.4. The van der Waals surface area contributed by atoms with Crippen LogP contribution in [0.3, 0.4) is 0 Å². The number of hydrogen-bond acceptors (Lipinski definition) is 2. The Morgan fingerprint density at radius 3 is 2.44 bits per heavy atom. The second-order valence-electron chi connectivity index (χ2n) is 4.20. The molecule has 0 unspecified atom stereocenters. The summed E-state index contributed by atoms with van der Waals surface area (Å²) in [7, 11) is 0. The van der Waals surface area contributed by atoms with Crippen LogP contribution in [0, 0.1) is 5.82 Å². The Bertz CT molecular complexity index is 365. The van der Waals surface area contributed by atoms with Crippen LogP contribution in [0.15, 0.2) is 24.3 Å². The molecule has 4 heteroatoms. The lowest BCUT2D eigenvalue weighted by Crippen LogP contribution is -2.35. The second kappa shape index (κ2) is 7.82. The molecule has 0 heterocycles. The van der Waals surface area contributed by atoms with Crippen LogP contribution >= 0.6 is 0 Å². The first-order valence-electron chi connectivity index (χ1n) is 6.43. The van der Waals surface area contributed by atoms with Crippen molar-refractivity contribution in [1.29, 1.82) is 0 Å². The van der Waals surface area contributed by atoms with Crippen molar-refractivity contribution in [3.8, 4) is 0 Å². The van der Waals surface area contributed by atoms with E-state index in [-0.39, 0.29) is 11.7 Å². The molecule has 1 N–H and O–H groups in total. The first-order valence-corrected chi connectivity index (χ1v) is 6.43. The number of carbonyl (C=O) groups excluding carboxylic acids is 1. The van der Waals surface area contributed by atoms with E-state index in [1.807, 2.05) is 0 Å². The van der Waals surface area contributed by atoms with Gasteiger partial charge in [-0.2, -0.15) is 0 Å². The predicted octanol–water partition coefficient (Wildman–Crippen LogP) is 2.29. The van der Waals surface area contributed by atoms with Crippen LogP contribution in [-0.4, -0.2) is 37.0 Å². The number of likely N-dealkylation sites (N-methyl/N-ethyl adjacent to an activating group) is 1. The number of amides is 1. The number of benzene rings is 1. The molecule has 0 aliphatic heterocycles. The van der Waals surface area contributed by atoms with Gasteiger partial charge in [0, 0.05) is 18.7 Å². The molecule has 18 heavy (non-hydrogen) atoms. The van der Waals surface area contributed by atoms with E-state index >= 15 is 0 Å². The molecule has 1 aromatic carbocycles. The molecule has 1 aromatic rings. The molecule has 0 saturated carbocycles. The molecule has 0 atom stereocenters. The van der Waals surface area contributed by atoms with Gasteiger partial charge in [-0.05, 0) is 43.8 Å². The third-order valence-corrected chi connectivity index (χ3v) is 2.81. The quantitative estimate of drug-likeness (QED) is 0.807. The van der Waals surface area contributed by atoms with Gasteiger partial charge in [-0.15, -0.1) is 0 Å². The minimum Gasteiger partial charge on any atom is -0.351 e. The number of rotatable bonds is 7. The molecule has 1 rings (SSSR count). The lowest BCUT2D eigenvalue weighted by atomic mass is 10.2. The number of nitrogens with zero attached hydrogens (tertiary/aromatic N) is 1. The fraction of sp³-hybridized carbons (Fsp3) is 0.500. The highest BCUT2D eigenvalue weighted by Gasteiger charge is 2.06. The fourth-order valence-electron chi connectivity index (χ4n) is 1.78. The van der Waals surface area contributed by atoms with E-state index in [0.29, 0.717) is 12.1 Å². The monoisotopic (exact) mass is 252 g/mol. The molecule has 100 valence electrons. The summed E-state index contributed by atoms with van der Waals surface area (Å²) in [5, 5.41) is 2.84. The normalized spacial score (nSPS) is 10.7. The maximum absolute atomic E-state index is 12.7. The maximum atomic E-state index is 12.7. The molecule has 0 spiro atoms. The zero-order valence-electron chi connectivity index (χ0n) is 11.1. The third-order valence-electron chi connectivity index (χ3n) is 2.81. The molecule has 0 fully saturated rings. The molecule has 0 saturated heterocycles. The highest BCUT2D eigenvalue weighted by atomic mass is 19.1. The van der Waals surface area contributed by atoms with Gasteiger partial charge >= 0.3 is 0 Å². The first-order chi connectivity index (χ1) is 8.67. The van der Waals surface area contributed by atoms with Gasteiger partial charge in [-0.1, -0.05) is 13.8 Å². The summed E-state index contributed by atoms with van der Waals surface area (Å²) in [4.78, 5) is 14.0. The molecule has 0 aliphatic rings. The second-order valence-corrected chi connectivity index (χ2v) is 4.20. The minimum absolute atomic E-state index is 0.150. The van der Waals surface area contributed by atoms with Gasteiger partial charge < -0.3 is 10.2 Å². The van der Waals surface area contributed by atoms with Crippen molar-refractivity contribution in [3.05, 3.63) is 35.6 Å². The van der Waals surface area contributed by atoms with Gasteiger partial charge in [0.15, 0.2) is 0 Å². The lowest BCUT2D eigenvalue weighted by molar-refractivity contribution is 0.0948. The van der Waals surface area contributed by atoms with Crippen LogP contribution in [0.2, 0.25) is 0 Å². The van der Waals surface area contributed by atoms with E-state index in [0.717, 1.165) is 26.1 Å². The van der Waals surface area contributed by atoms with Crippen LogP contribution in [0.4, 0.5) is 4.39 Å². The molecule has 0 aromatic heterocycles. The highest BCUT2D eigenvalue weighted by Crippen LogP contribution is 2.02. The predicted molar refractivity (Wildman–Crippen MR) is 71.1 cm³/mol. The minimum atomic E-state index is -0.327. The summed E-state index contributed by atoms with van der Waals surface area (Å²) in [6.07, 6.45) is 1.11. The Morgan fingerprint density at radius 1 is 1.22 bits per heavy atom. The van der Waals surface area contributed by atoms with E-state index in [4.69, 9.17) is 0 Å². The van der Waals surface area contributed by atoms with E-state index in [1.165, 1.54) is 24.3 Å². The molecular weight excluding hydrogens is 231 g/mol. The topological polar surface area (TPSA) is 32.3 Å². The van der Waals surface area contributed by atoms with Crippen LogP contribution < -0.4 is 5.32 Å². The van der Waals surface area contributed by atoms with E-state index in [9.17, 15) is 9.18 Å². The van der Waals surface area contributed by atoms with Gasteiger partial charge in [0.2, 0.25) is 0 Å². The van der Waals surface area contributed by atoms with Crippen LogP contribution in [0.25, 0.3) is 0 Å².